The molecule has 1 atom stereocenters. The van der Waals surface area contributed by atoms with Crippen molar-refractivity contribution < 1.29 is 14.6 Å². The Morgan fingerprint density at radius 2 is 2.24 bits per heavy atom. The highest BCUT2D eigenvalue weighted by molar-refractivity contribution is 5.67. The van der Waals surface area contributed by atoms with Gasteiger partial charge in [-0.3, -0.25) is 4.90 Å². The van der Waals surface area contributed by atoms with Crippen molar-refractivity contribution in [3.63, 3.8) is 0 Å². The van der Waals surface area contributed by atoms with Crippen molar-refractivity contribution in [1.29, 1.82) is 0 Å². The Morgan fingerprint density at radius 3 is 2.82 bits per heavy atom. The molecular weight excluding hydrogens is 220 g/mol. The fourth-order valence-electron chi connectivity index (χ4n) is 1.86. The van der Waals surface area contributed by atoms with Crippen molar-refractivity contribution in [2.75, 3.05) is 26.2 Å². The average molecular weight is 244 g/mol. The van der Waals surface area contributed by atoms with Gasteiger partial charge in [0.2, 0.25) is 0 Å². The molecule has 1 saturated heterocycles. The van der Waals surface area contributed by atoms with Gasteiger partial charge < -0.3 is 15.2 Å². The topological polar surface area (TPSA) is 61.8 Å². The number of piperidine rings is 1. The Bertz CT molecular complexity index is 251. The summed E-state index contributed by atoms with van der Waals surface area (Å²) in [6.45, 7) is 8.54. The fourth-order valence-corrected chi connectivity index (χ4v) is 1.86. The molecule has 1 aliphatic heterocycles. The first-order valence-corrected chi connectivity index (χ1v) is 6.24. The average Bonchev–Trinajstić information content (AvgIpc) is 2.14. The molecule has 1 heterocycles. The van der Waals surface area contributed by atoms with Crippen LogP contribution in [-0.2, 0) is 4.74 Å². The van der Waals surface area contributed by atoms with Crippen LogP contribution in [0.5, 0.6) is 0 Å². The summed E-state index contributed by atoms with van der Waals surface area (Å²) in [5.41, 5.74) is -0.453. The summed E-state index contributed by atoms with van der Waals surface area (Å²) in [6, 6.07) is 0. The quantitative estimate of drug-likeness (QED) is 0.776. The molecule has 1 aliphatic rings. The number of alkyl carbamates (subject to hydrolysis) is 1. The van der Waals surface area contributed by atoms with Gasteiger partial charge in [-0.2, -0.15) is 0 Å². The number of ether oxygens (including phenoxy) is 1. The van der Waals surface area contributed by atoms with E-state index in [2.05, 4.69) is 10.2 Å². The number of β-amino-alcohol motifs (C(OH)–C–C–N with tert-alkyl or cyclic N) is 1. The summed E-state index contributed by atoms with van der Waals surface area (Å²) in [7, 11) is 0. The van der Waals surface area contributed by atoms with Crippen LogP contribution in [0.1, 0.15) is 33.6 Å². The van der Waals surface area contributed by atoms with Gasteiger partial charge in [-0.1, -0.05) is 0 Å². The van der Waals surface area contributed by atoms with E-state index in [9.17, 15) is 9.90 Å². The summed E-state index contributed by atoms with van der Waals surface area (Å²) >= 11 is 0. The summed E-state index contributed by atoms with van der Waals surface area (Å²) in [6.07, 6.45) is 1.31. The molecule has 0 spiro atoms. The van der Waals surface area contributed by atoms with Crippen LogP contribution in [0.4, 0.5) is 4.79 Å². The first-order valence-electron chi connectivity index (χ1n) is 6.24. The Labute approximate surface area is 103 Å². The fraction of sp³-hybridized carbons (Fsp3) is 0.917. The van der Waals surface area contributed by atoms with E-state index >= 15 is 0 Å². The van der Waals surface area contributed by atoms with Gasteiger partial charge in [0.1, 0.15) is 5.60 Å². The predicted molar refractivity (Wildman–Crippen MR) is 65.9 cm³/mol. The number of nitrogens with one attached hydrogen (secondary N) is 1. The lowest BCUT2D eigenvalue weighted by Crippen LogP contribution is -2.43. The van der Waals surface area contributed by atoms with Gasteiger partial charge in [0.25, 0.3) is 0 Å². The summed E-state index contributed by atoms with van der Waals surface area (Å²) in [5, 5.41) is 12.2. The van der Waals surface area contributed by atoms with E-state index in [-0.39, 0.29) is 12.2 Å². The number of rotatable bonds is 3. The Balaban J connectivity index is 2.13. The normalized spacial score (nSPS) is 22.2. The minimum Gasteiger partial charge on any atom is -0.444 e. The van der Waals surface area contributed by atoms with Gasteiger partial charge in [-0.05, 0) is 40.2 Å². The number of amides is 1. The molecule has 0 aromatic rings. The number of aliphatic hydroxyl groups is 1. The van der Waals surface area contributed by atoms with Crippen LogP contribution in [0.2, 0.25) is 0 Å². The van der Waals surface area contributed by atoms with Gasteiger partial charge in [-0.15, -0.1) is 0 Å². The second-order valence-electron chi connectivity index (χ2n) is 5.53. The number of likely N-dealkylation sites (tertiary alicyclic amines) is 1. The molecule has 0 aromatic carbocycles. The van der Waals surface area contributed by atoms with Crippen LogP contribution < -0.4 is 5.32 Å². The van der Waals surface area contributed by atoms with Crippen molar-refractivity contribution >= 4 is 6.09 Å². The molecule has 100 valence electrons. The third-order valence-electron chi connectivity index (χ3n) is 2.58. The largest absolute Gasteiger partial charge is 0.444 e. The maximum Gasteiger partial charge on any atom is 0.407 e. The molecule has 0 aromatic heterocycles. The Kier molecular flexibility index (Phi) is 5.21. The van der Waals surface area contributed by atoms with E-state index < -0.39 is 5.60 Å². The molecule has 1 rings (SSSR count). The van der Waals surface area contributed by atoms with Crippen molar-refractivity contribution in [2.24, 2.45) is 0 Å². The molecule has 0 radical (unpaired) electrons. The summed E-state index contributed by atoms with van der Waals surface area (Å²) < 4.78 is 5.13. The zero-order valence-corrected chi connectivity index (χ0v) is 11.0. The van der Waals surface area contributed by atoms with Gasteiger partial charge in [0.05, 0.1) is 6.10 Å². The lowest BCUT2D eigenvalue weighted by molar-refractivity contribution is 0.0498. The highest BCUT2D eigenvalue weighted by Crippen LogP contribution is 2.09. The monoisotopic (exact) mass is 244 g/mol. The Hall–Kier alpha value is -0.810. The number of carbonyl (C=O) groups excluding carboxylic acids is 1. The first kappa shape index (κ1) is 14.3. The second kappa shape index (κ2) is 6.21. The molecule has 1 amide bonds. The van der Waals surface area contributed by atoms with E-state index in [1.165, 1.54) is 0 Å². The van der Waals surface area contributed by atoms with Crippen LogP contribution in [0.25, 0.3) is 0 Å². The van der Waals surface area contributed by atoms with Crippen LogP contribution >= 0.6 is 0 Å². The van der Waals surface area contributed by atoms with Crippen molar-refractivity contribution in [1.82, 2.24) is 10.2 Å². The van der Waals surface area contributed by atoms with Crippen molar-refractivity contribution in [3.8, 4) is 0 Å². The van der Waals surface area contributed by atoms with Crippen LogP contribution in [0, 0.1) is 0 Å². The number of carbonyl (C=O) groups is 1. The third-order valence-corrected chi connectivity index (χ3v) is 2.58. The molecular formula is C12H24N2O3. The van der Waals surface area contributed by atoms with Crippen molar-refractivity contribution in [2.45, 2.75) is 45.3 Å². The van der Waals surface area contributed by atoms with Crippen LogP contribution in [0.15, 0.2) is 0 Å². The number of nitrogens with zero attached hydrogens (tertiary/aromatic N) is 1. The van der Waals surface area contributed by atoms with E-state index in [1.54, 1.807) is 0 Å². The van der Waals surface area contributed by atoms with E-state index in [0.29, 0.717) is 13.1 Å². The molecule has 0 aliphatic carbocycles. The standard InChI is InChI=1S/C12H24N2O3/c1-12(2,3)17-11(16)13-6-8-14-7-4-5-10(15)9-14/h10,15H,4-9H2,1-3H3,(H,13,16). The molecule has 1 fully saturated rings. The lowest BCUT2D eigenvalue weighted by Gasteiger charge is -2.30. The number of aliphatic hydroxyl groups excluding tert-OH is 1. The maximum atomic E-state index is 11.4. The molecule has 0 saturated carbocycles. The Morgan fingerprint density at radius 1 is 1.53 bits per heavy atom. The predicted octanol–water partition coefficient (Wildman–Crippen LogP) is 0.968. The molecule has 17 heavy (non-hydrogen) atoms. The third kappa shape index (κ3) is 6.48. The highest BCUT2D eigenvalue weighted by Gasteiger charge is 2.18. The molecule has 0 bridgehead atoms. The van der Waals surface area contributed by atoms with Crippen LogP contribution in [0.3, 0.4) is 0 Å². The zero-order chi connectivity index (χ0) is 12.9. The van der Waals surface area contributed by atoms with E-state index in [4.69, 9.17) is 4.74 Å². The first-order chi connectivity index (χ1) is 7.87. The molecule has 5 heteroatoms. The molecule has 5 nitrogen and oxygen atoms in total. The summed E-state index contributed by atoms with van der Waals surface area (Å²) in [5.74, 6) is 0. The van der Waals surface area contributed by atoms with Gasteiger partial charge >= 0.3 is 6.09 Å². The molecule has 1 unspecified atom stereocenters. The van der Waals surface area contributed by atoms with E-state index in [1.807, 2.05) is 20.8 Å². The summed E-state index contributed by atoms with van der Waals surface area (Å²) in [4.78, 5) is 13.5. The van der Waals surface area contributed by atoms with Gasteiger partial charge in [-0.25, -0.2) is 4.79 Å². The zero-order valence-electron chi connectivity index (χ0n) is 11.0. The molecule has 2 N–H and O–H groups in total. The van der Waals surface area contributed by atoms with Gasteiger partial charge in [0.15, 0.2) is 0 Å². The minimum atomic E-state index is -0.453. The van der Waals surface area contributed by atoms with Gasteiger partial charge in [0, 0.05) is 19.6 Å². The smallest absolute Gasteiger partial charge is 0.407 e. The second-order valence-corrected chi connectivity index (χ2v) is 5.53. The SMILES string of the molecule is CC(C)(C)OC(=O)NCCN1CCCC(O)C1. The maximum absolute atomic E-state index is 11.4. The number of hydrogen-bond acceptors (Lipinski definition) is 4. The van der Waals surface area contributed by atoms with Crippen LogP contribution in [-0.4, -0.2) is 54.0 Å². The lowest BCUT2D eigenvalue weighted by atomic mass is 10.1. The highest BCUT2D eigenvalue weighted by atomic mass is 16.6. The number of hydrogen-bond donors (Lipinski definition) is 2. The van der Waals surface area contributed by atoms with Crippen molar-refractivity contribution in [3.05, 3.63) is 0 Å². The minimum absolute atomic E-state index is 0.217. The van der Waals surface area contributed by atoms with E-state index in [0.717, 1.165) is 25.9 Å².